The summed E-state index contributed by atoms with van der Waals surface area (Å²) in [4.78, 5) is 0. The van der Waals surface area contributed by atoms with E-state index in [1.165, 1.54) is 0 Å². The topological polar surface area (TPSA) is 46.2 Å². The third-order valence-electron chi connectivity index (χ3n) is 4.06. The summed E-state index contributed by atoms with van der Waals surface area (Å²) in [6, 6.07) is 0. The molecule has 0 amide bonds. The average Bonchev–Trinajstić information content (AvgIpc) is 2.28. The second-order valence-corrected chi connectivity index (χ2v) is 5.34. The Kier molecular flexibility index (Phi) is 4.84. The molecule has 17 heavy (non-hydrogen) atoms. The van der Waals surface area contributed by atoms with Crippen molar-refractivity contribution < 1.29 is 18.3 Å². The van der Waals surface area contributed by atoms with Gasteiger partial charge in [-0.1, -0.05) is 26.2 Å². The molecule has 1 rings (SSSR count). The monoisotopic (exact) mass is 253 g/mol. The van der Waals surface area contributed by atoms with E-state index in [1.807, 2.05) is 0 Å². The number of nitrogens with two attached hydrogens (primary N) is 1. The molecule has 0 heterocycles. The first-order chi connectivity index (χ1) is 7.83. The van der Waals surface area contributed by atoms with Gasteiger partial charge in [0.25, 0.3) is 0 Å². The number of alkyl halides is 3. The van der Waals surface area contributed by atoms with Crippen molar-refractivity contribution in [3.63, 3.8) is 0 Å². The van der Waals surface area contributed by atoms with Gasteiger partial charge in [0, 0.05) is 0 Å². The molecule has 0 aromatic rings. The average molecular weight is 253 g/mol. The zero-order valence-corrected chi connectivity index (χ0v) is 10.3. The zero-order valence-electron chi connectivity index (χ0n) is 10.3. The molecule has 5 heteroatoms. The van der Waals surface area contributed by atoms with Crippen LogP contribution in [0.5, 0.6) is 0 Å². The van der Waals surface area contributed by atoms with Crippen LogP contribution >= 0.6 is 0 Å². The van der Waals surface area contributed by atoms with E-state index >= 15 is 0 Å². The standard InChI is InChI=1S/C12H22F3NO/c1-2-9-4-3-5-11(6-9,8-16)7-10(17)12(13,14)15/h9-10,17H,2-8,16H2,1H3. The van der Waals surface area contributed by atoms with Crippen molar-refractivity contribution in [1.29, 1.82) is 0 Å². The maximum atomic E-state index is 12.4. The first-order valence-electron chi connectivity index (χ1n) is 6.28. The van der Waals surface area contributed by atoms with Gasteiger partial charge >= 0.3 is 6.18 Å². The van der Waals surface area contributed by atoms with Gasteiger partial charge < -0.3 is 10.8 Å². The molecular formula is C12H22F3NO. The maximum absolute atomic E-state index is 12.4. The van der Waals surface area contributed by atoms with E-state index in [9.17, 15) is 18.3 Å². The van der Waals surface area contributed by atoms with E-state index in [2.05, 4.69) is 6.92 Å². The highest BCUT2D eigenvalue weighted by Gasteiger charge is 2.45. The van der Waals surface area contributed by atoms with Crippen LogP contribution in [0.15, 0.2) is 0 Å². The minimum absolute atomic E-state index is 0.233. The van der Waals surface area contributed by atoms with Crippen LogP contribution < -0.4 is 5.73 Å². The van der Waals surface area contributed by atoms with Gasteiger partial charge in [0.05, 0.1) is 0 Å². The number of halogens is 3. The Hall–Kier alpha value is -0.290. The number of aliphatic hydroxyl groups is 1. The summed E-state index contributed by atoms with van der Waals surface area (Å²) in [5.74, 6) is 0.452. The molecule has 1 saturated carbocycles. The Balaban J connectivity index is 2.68. The molecule has 2 nitrogen and oxygen atoms in total. The molecule has 0 aromatic heterocycles. The van der Waals surface area contributed by atoms with E-state index in [-0.39, 0.29) is 13.0 Å². The van der Waals surface area contributed by atoms with Gasteiger partial charge in [-0.25, -0.2) is 0 Å². The van der Waals surface area contributed by atoms with Gasteiger partial charge in [-0.3, -0.25) is 0 Å². The van der Waals surface area contributed by atoms with Crippen LogP contribution in [0.2, 0.25) is 0 Å². The SMILES string of the molecule is CCC1CCCC(CN)(CC(O)C(F)(F)F)C1. The van der Waals surface area contributed by atoms with Gasteiger partial charge in [0.15, 0.2) is 0 Å². The number of aliphatic hydroxyl groups excluding tert-OH is 1. The smallest absolute Gasteiger partial charge is 0.384 e. The van der Waals surface area contributed by atoms with Gasteiger partial charge in [0.1, 0.15) is 6.10 Å². The van der Waals surface area contributed by atoms with E-state index in [1.54, 1.807) is 0 Å². The molecule has 1 aliphatic rings. The molecule has 1 aliphatic carbocycles. The molecule has 3 atom stereocenters. The van der Waals surface area contributed by atoms with Crippen molar-refractivity contribution in [2.45, 2.75) is 57.7 Å². The lowest BCUT2D eigenvalue weighted by Gasteiger charge is -2.41. The van der Waals surface area contributed by atoms with Crippen molar-refractivity contribution in [1.82, 2.24) is 0 Å². The van der Waals surface area contributed by atoms with Crippen LogP contribution in [-0.4, -0.2) is 23.9 Å². The highest BCUT2D eigenvalue weighted by Crippen LogP contribution is 2.44. The fourth-order valence-corrected chi connectivity index (χ4v) is 2.91. The summed E-state index contributed by atoms with van der Waals surface area (Å²) in [5.41, 5.74) is 5.15. The van der Waals surface area contributed by atoms with Crippen molar-refractivity contribution in [2.75, 3.05) is 6.54 Å². The van der Waals surface area contributed by atoms with Crippen LogP contribution in [0.1, 0.15) is 45.4 Å². The minimum atomic E-state index is -4.53. The van der Waals surface area contributed by atoms with Gasteiger partial charge in [-0.2, -0.15) is 13.2 Å². The predicted molar refractivity (Wildman–Crippen MR) is 60.4 cm³/mol. The lowest BCUT2D eigenvalue weighted by atomic mass is 9.66. The number of rotatable bonds is 4. The van der Waals surface area contributed by atoms with E-state index in [4.69, 9.17) is 5.73 Å². The maximum Gasteiger partial charge on any atom is 0.414 e. The van der Waals surface area contributed by atoms with Crippen LogP contribution in [0, 0.1) is 11.3 Å². The van der Waals surface area contributed by atoms with Crippen LogP contribution in [0.25, 0.3) is 0 Å². The Labute approximate surface area is 100 Å². The highest BCUT2D eigenvalue weighted by atomic mass is 19.4. The van der Waals surface area contributed by atoms with Crippen LogP contribution in [-0.2, 0) is 0 Å². The normalized spacial score (nSPS) is 32.5. The fraction of sp³-hybridized carbons (Fsp3) is 1.00. The Morgan fingerprint density at radius 3 is 2.59 bits per heavy atom. The molecule has 1 fully saturated rings. The summed E-state index contributed by atoms with van der Waals surface area (Å²) in [5, 5.41) is 9.21. The van der Waals surface area contributed by atoms with Gasteiger partial charge in [0.2, 0.25) is 0 Å². The van der Waals surface area contributed by atoms with Gasteiger partial charge in [-0.15, -0.1) is 0 Å². The summed E-state index contributed by atoms with van der Waals surface area (Å²) < 4.78 is 37.2. The second kappa shape index (κ2) is 5.57. The van der Waals surface area contributed by atoms with Crippen molar-refractivity contribution in [3.8, 4) is 0 Å². The molecule has 0 radical (unpaired) electrons. The number of hydrogen-bond donors (Lipinski definition) is 2. The Morgan fingerprint density at radius 2 is 2.12 bits per heavy atom. The Bertz CT molecular complexity index is 244. The number of hydrogen-bond acceptors (Lipinski definition) is 2. The third kappa shape index (κ3) is 3.85. The van der Waals surface area contributed by atoms with Crippen LogP contribution in [0.4, 0.5) is 13.2 Å². The molecule has 3 unspecified atom stereocenters. The first-order valence-corrected chi connectivity index (χ1v) is 6.28. The molecule has 0 aliphatic heterocycles. The summed E-state index contributed by atoms with van der Waals surface area (Å²) in [7, 11) is 0. The highest BCUT2D eigenvalue weighted by molar-refractivity contribution is 4.90. The molecule has 3 N–H and O–H groups in total. The molecule has 0 spiro atoms. The fourth-order valence-electron chi connectivity index (χ4n) is 2.91. The lowest BCUT2D eigenvalue weighted by molar-refractivity contribution is -0.214. The van der Waals surface area contributed by atoms with Crippen molar-refractivity contribution >= 4 is 0 Å². The summed E-state index contributed by atoms with van der Waals surface area (Å²) >= 11 is 0. The van der Waals surface area contributed by atoms with Crippen molar-refractivity contribution in [3.05, 3.63) is 0 Å². The van der Waals surface area contributed by atoms with E-state index < -0.39 is 17.7 Å². The third-order valence-corrected chi connectivity index (χ3v) is 4.06. The lowest BCUT2D eigenvalue weighted by Crippen LogP contribution is -2.42. The Morgan fingerprint density at radius 1 is 1.47 bits per heavy atom. The summed E-state index contributed by atoms with van der Waals surface area (Å²) in [6.07, 6.45) is -2.63. The molecule has 0 aromatic carbocycles. The van der Waals surface area contributed by atoms with Crippen molar-refractivity contribution in [2.24, 2.45) is 17.1 Å². The quantitative estimate of drug-likeness (QED) is 0.809. The van der Waals surface area contributed by atoms with E-state index in [0.717, 1.165) is 19.3 Å². The van der Waals surface area contributed by atoms with E-state index in [0.29, 0.717) is 18.8 Å². The molecule has 102 valence electrons. The first kappa shape index (κ1) is 14.8. The summed E-state index contributed by atoms with van der Waals surface area (Å²) in [6.45, 7) is 2.29. The minimum Gasteiger partial charge on any atom is -0.384 e. The van der Waals surface area contributed by atoms with Gasteiger partial charge in [-0.05, 0) is 37.1 Å². The molecule has 0 bridgehead atoms. The second-order valence-electron chi connectivity index (χ2n) is 5.34. The predicted octanol–water partition coefficient (Wildman–Crippen LogP) is 2.85. The zero-order chi connectivity index (χ0) is 13.1. The van der Waals surface area contributed by atoms with Crippen LogP contribution in [0.3, 0.4) is 0 Å². The molecular weight excluding hydrogens is 231 g/mol. The molecule has 0 saturated heterocycles. The largest absolute Gasteiger partial charge is 0.414 e.